The van der Waals surface area contributed by atoms with Crippen LogP contribution in [0.4, 0.5) is 0 Å². The lowest BCUT2D eigenvalue weighted by atomic mass is 10.4. The molecule has 0 spiro atoms. The van der Waals surface area contributed by atoms with Crippen LogP contribution in [-0.2, 0) is 0 Å². The maximum atomic E-state index is 5.44. The van der Waals surface area contributed by atoms with Gasteiger partial charge in [0.15, 0.2) is 0 Å². The molecule has 9 heavy (non-hydrogen) atoms. The summed E-state index contributed by atoms with van der Waals surface area (Å²) >= 11 is 0. The fourth-order valence-corrected chi connectivity index (χ4v) is 0.257. The number of rotatable bonds is 3. The van der Waals surface area contributed by atoms with Crippen molar-refractivity contribution < 1.29 is 0 Å². The monoisotopic (exact) mass is 127 g/mol. The molecule has 0 bridgehead atoms. The Labute approximate surface area is 55.8 Å². The molecule has 0 radical (unpaired) electrons. The Kier molecular flexibility index (Phi) is 3.71. The summed E-state index contributed by atoms with van der Waals surface area (Å²) < 4.78 is 0. The minimum atomic E-state index is 0.286. The highest BCUT2D eigenvalue weighted by Crippen LogP contribution is 1.84. The van der Waals surface area contributed by atoms with E-state index in [1.165, 1.54) is 17.5 Å². The summed E-state index contributed by atoms with van der Waals surface area (Å²) in [6.45, 7) is 7.37. The summed E-state index contributed by atoms with van der Waals surface area (Å²) in [7, 11) is 0. The third kappa shape index (κ3) is 3.73. The fourth-order valence-electron chi connectivity index (χ4n) is 0.257. The van der Waals surface area contributed by atoms with Gasteiger partial charge in [0.2, 0.25) is 0 Å². The standard InChI is InChI=1S/C6H13N3/c1-4-8-5-9(7)6(2)3/h4-6H,1,7H2,2-3H3/b8-5-. The third-order valence-electron chi connectivity index (χ3n) is 0.902. The second kappa shape index (κ2) is 4.09. The van der Waals surface area contributed by atoms with Crippen molar-refractivity contribution in [2.24, 2.45) is 10.8 Å². The average Bonchev–Trinajstić information content (AvgIpc) is 1.82. The zero-order chi connectivity index (χ0) is 7.28. The smallest absolute Gasteiger partial charge is 0.105 e. The minimum Gasteiger partial charge on any atom is -0.298 e. The number of hydrogen-bond acceptors (Lipinski definition) is 2. The first-order chi connectivity index (χ1) is 4.18. The lowest BCUT2D eigenvalue weighted by Gasteiger charge is -2.15. The van der Waals surface area contributed by atoms with Crippen LogP contribution in [0.2, 0.25) is 0 Å². The molecule has 0 heterocycles. The highest BCUT2D eigenvalue weighted by Gasteiger charge is 1.94. The van der Waals surface area contributed by atoms with Crippen LogP contribution in [-0.4, -0.2) is 17.4 Å². The van der Waals surface area contributed by atoms with Crippen molar-refractivity contribution in [1.29, 1.82) is 0 Å². The Morgan fingerprint density at radius 1 is 1.67 bits per heavy atom. The van der Waals surface area contributed by atoms with Crippen LogP contribution >= 0.6 is 0 Å². The van der Waals surface area contributed by atoms with E-state index in [2.05, 4.69) is 11.6 Å². The predicted octanol–water partition coefficient (Wildman–Crippen LogP) is 0.742. The number of hydrazine groups is 1. The van der Waals surface area contributed by atoms with E-state index >= 15 is 0 Å². The van der Waals surface area contributed by atoms with Crippen molar-refractivity contribution >= 4 is 6.34 Å². The first-order valence-electron chi connectivity index (χ1n) is 2.85. The Hall–Kier alpha value is -0.830. The van der Waals surface area contributed by atoms with Crippen LogP contribution in [0.1, 0.15) is 13.8 Å². The fraction of sp³-hybridized carbons (Fsp3) is 0.500. The number of nitrogens with two attached hydrogens (primary N) is 1. The van der Waals surface area contributed by atoms with Gasteiger partial charge in [0, 0.05) is 12.2 Å². The van der Waals surface area contributed by atoms with E-state index in [-0.39, 0.29) is 6.04 Å². The lowest BCUT2D eigenvalue weighted by Crippen LogP contribution is -2.35. The van der Waals surface area contributed by atoms with Crippen LogP contribution < -0.4 is 5.84 Å². The molecule has 0 amide bonds. The van der Waals surface area contributed by atoms with Crippen LogP contribution in [0.15, 0.2) is 17.8 Å². The molecule has 0 aliphatic rings. The molecular formula is C6H13N3. The van der Waals surface area contributed by atoms with Gasteiger partial charge in [-0.05, 0) is 13.8 Å². The maximum absolute atomic E-state index is 5.44. The SMILES string of the molecule is C=C/N=C\N(N)C(C)C. The van der Waals surface area contributed by atoms with E-state index in [0.29, 0.717) is 0 Å². The Balaban J connectivity index is 3.61. The van der Waals surface area contributed by atoms with Crippen LogP contribution in [0, 0.1) is 0 Å². The summed E-state index contributed by atoms with van der Waals surface area (Å²) in [4.78, 5) is 3.73. The average molecular weight is 127 g/mol. The second-order valence-corrected chi connectivity index (χ2v) is 1.99. The molecule has 3 nitrogen and oxygen atoms in total. The predicted molar refractivity (Wildman–Crippen MR) is 39.9 cm³/mol. The second-order valence-electron chi connectivity index (χ2n) is 1.99. The summed E-state index contributed by atoms with van der Waals surface area (Å²) in [6, 6.07) is 0.286. The first kappa shape index (κ1) is 8.17. The number of nitrogens with zero attached hydrogens (tertiary/aromatic N) is 2. The first-order valence-corrected chi connectivity index (χ1v) is 2.85. The van der Waals surface area contributed by atoms with Gasteiger partial charge in [-0.25, -0.2) is 10.8 Å². The highest BCUT2D eigenvalue weighted by atomic mass is 15.4. The molecule has 0 aromatic heterocycles. The molecule has 2 N–H and O–H groups in total. The molecule has 0 rings (SSSR count). The van der Waals surface area contributed by atoms with E-state index in [4.69, 9.17) is 5.84 Å². The van der Waals surface area contributed by atoms with Crippen molar-refractivity contribution in [3.8, 4) is 0 Å². The van der Waals surface area contributed by atoms with Crippen molar-refractivity contribution in [2.45, 2.75) is 19.9 Å². The van der Waals surface area contributed by atoms with Crippen LogP contribution in [0.3, 0.4) is 0 Å². The number of hydrogen-bond donors (Lipinski definition) is 1. The zero-order valence-electron chi connectivity index (χ0n) is 5.91. The quantitative estimate of drug-likeness (QED) is 0.263. The highest BCUT2D eigenvalue weighted by molar-refractivity contribution is 5.54. The van der Waals surface area contributed by atoms with Gasteiger partial charge in [-0.3, -0.25) is 5.01 Å². The zero-order valence-corrected chi connectivity index (χ0v) is 5.91. The molecule has 0 aliphatic carbocycles. The third-order valence-corrected chi connectivity index (χ3v) is 0.902. The Bertz CT molecular complexity index is 107. The van der Waals surface area contributed by atoms with Gasteiger partial charge < -0.3 is 0 Å². The molecule has 0 aromatic rings. The summed E-state index contributed by atoms with van der Waals surface area (Å²) in [6.07, 6.45) is 2.99. The van der Waals surface area contributed by atoms with Crippen molar-refractivity contribution in [3.05, 3.63) is 12.8 Å². The Morgan fingerprint density at radius 2 is 2.22 bits per heavy atom. The van der Waals surface area contributed by atoms with Gasteiger partial charge in [0.05, 0.1) is 0 Å². The van der Waals surface area contributed by atoms with Crippen LogP contribution in [0.5, 0.6) is 0 Å². The van der Waals surface area contributed by atoms with Gasteiger partial charge in [0.1, 0.15) is 6.34 Å². The van der Waals surface area contributed by atoms with Gasteiger partial charge >= 0.3 is 0 Å². The number of aliphatic imine (C=N–C) groups is 1. The van der Waals surface area contributed by atoms with Crippen LogP contribution in [0.25, 0.3) is 0 Å². The van der Waals surface area contributed by atoms with Gasteiger partial charge in [-0.2, -0.15) is 0 Å². The molecule has 0 fully saturated rings. The summed E-state index contributed by atoms with van der Waals surface area (Å²) in [5.41, 5.74) is 0. The summed E-state index contributed by atoms with van der Waals surface area (Å²) in [5.74, 6) is 5.44. The molecular weight excluding hydrogens is 114 g/mol. The molecule has 0 saturated heterocycles. The lowest BCUT2D eigenvalue weighted by molar-refractivity contribution is 0.375. The molecule has 0 aromatic carbocycles. The Morgan fingerprint density at radius 3 is 2.56 bits per heavy atom. The minimum absolute atomic E-state index is 0.286. The van der Waals surface area contributed by atoms with E-state index in [1.807, 2.05) is 13.8 Å². The maximum Gasteiger partial charge on any atom is 0.105 e. The molecule has 0 aliphatic heterocycles. The van der Waals surface area contributed by atoms with Gasteiger partial charge in [0.25, 0.3) is 0 Å². The van der Waals surface area contributed by atoms with Gasteiger partial charge in [-0.15, -0.1) is 0 Å². The molecule has 52 valence electrons. The topological polar surface area (TPSA) is 41.6 Å². The normalized spacial score (nSPS) is 10.7. The molecule has 0 saturated carbocycles. The largest absolute Gasteiger partial charge is 0.298 e. The van der Waals surface area contributed by atoms with Gasteiger partial charge in [-0.1, -0.05) is 6.58 Å². The van der Waals surface area contributed by atoms with E-state index in [0.717, 1.165) is 0 Å². The summed E-state index contributed by atoms with van der Waals surface area (Å²) in [5, 5.41) is 1.52. The van der Waals surface area contributed by atoms with E-state index in [9.17, 15) is 0 Å². The van der Waals surface area contributed by atoms with E-state index in [1.54, 1.807) is 0 Å². The van der Waals surface area contributed by atoms with Crippen molar-refractivity contribution in [2.75, 3.05) is 0 Å². The van der Waals surface area contributed by atoms with Crippen molar-refractivity contribution in [3.63, 3.8) is 0 Å². The molecule has 0 atom stereocenters. The molecule has 3 heteroatoms. The van der Waals surface area contributed by atoms with Crippen molar-refractivity contribution in [1.82, 2.24) is 5.01 Å². The van der Waals surface area contributed by atoms with E-state index < -0.39 is 0 Å². The molecule has 0 unspecified atom stereocenters.